The van der Waals surface area contributed by atoms with E-state index in [-0.39, 0.29) is 11.5 Å². The molecule has 21 heavy (non-hydrogen) atoms. The summed E-state index contributed by atoms with van der Waals surface area (Å²) in [4.78, 5) is 2.56. The monoisotopic (exact) mass is 297 g/mol. The minimum atomic E-state index is -3.50. The third kappa shape index (κ3) is 3.28. The molecule has 0 bridgehead atoms. The molecule has 2 heterocycles. The lowest BCUT2D eigenvalue weighted by Gasteiger charge is -2.28. The van der Waals surface area contributed by atoms with E-state index < -0.39 is 6.29 Å². The van der Waals surface area contributed by atoms with Crippen LogP contribution in [0.25, 0.3) is 0 Å². The van der Waals surface area contributed by atoms with Crippen molar-refractivity contribution < 1.29 is 18.3 Å². The highest BCUT2D eigenvalue weighted by molar-refractivity contribution is 5.41. The molecule has 1 saturated heterocycles. The van der Waals surface area contributed by atoms with E-state index in [0.29, 0.717) is 0 Å². The Morgan fingerprint density at radius 3 is 2.29 bits per heavy atom. The van der Waals surface area contributed by atoms with Crippen LogP contribution >= 0.6 is 0 Å². The van der Waals surface area contributed by atoms with Gasteiger partial charge in [-0.15, -0.1) is 8.78 Å². The lowest BCUT2D eigenvalue weighted by Crippen LogP contribution is -2.31. The summed E-state index contributed by atoms with van der Waals surface area (Å²) in [6, 6.07) is 7.02. The zero-order valence-electron chi connectivity index (χ0n) is 12.2. The first kappa shape index (κ1) is 14.6. The topological polar surface area (TPSA) is 21.7 Å². The molecule has 1 saturated carbocycles. The fraction of sp³-hybridized carbons (Fsp3) is 0.625. The van der Waals surface area contributed by atoms with Crippen molar-refractivity contribution in [2.75, 3.05) is 13.6 Å². The largest absolute Gasteiger partial charge is 0.586 e. The molecule has 116 valence electrons. The molecule has 4 rings (SSSR count). The van der Waals surface area contributed by atoms with E-state index in [1.807, 2.05) is 0 Å². The molecule has 3 nitrogen and oxygen atoms in total. The Labute approximate surface area is 123 Å². The van der Waals surface area contributed by atoms with Gasteiger partial charge in [0.25, 0.3) is 0 Å². The van der Waals surface area contributed by atoms with Gasteiger partial charge in [-0.2, -0.15) is 0 Å². The number of ether oxygens (including phenoxy) is 2. The van der Waals surface area contributed by atoms with Gasteiger partial charge in [0.05, 0.1) is 0 Å². The highest BCUT2D eigenvalue weighted by Crippen LogP contribution is 2.40. The van der Waals surface area contributed by atoms with Gasteiger partial charge in [0.15, 0.2) is 11.5 Å². The van der Waals surface area contributed by atoms with Crippen molar-refractivity contribution in [3.8, 4) is 11.5 Å². The van der Waals surface area contributed by atoms with Crippen molar-refractivity contribution in [2.45, 2.75) is 44.4 Å². The summed E-state index contributed by atoms with van der Waals surface area (Å²) in [5.41, 5.74) is 0. The van der Waals surface area contributed by atoms with Crippen molar-refractivity contribution in [2.24, 2.45) is 5.92 Å². The first-order valence-electron chi connectivity index (χ1n) is 7.60. The first-order chi connectivity index (χ1) is 10.1. The summed E-state index contributed by atoms with van der Waals surface area (Å²) in [5.74, 6) is 1.23. The molecule has 2 fully saturated rings. The maximum absolute atomic E-state index is 12.3. The van der Waals surface area contributed by atoms with Crippen LogP contribution in [-0.4, -0.2) is 30.8 Å². The van der Waals surface area contributed by atoms with Crippen molar-refractivity contribution in [3.05, 3.63) is 24.3 Å². The second-order valence-electron chi connectivity index (χ2n) is 6.00. The SMILES string of the molecule is CN1CCC2CCCCC21.FC1(F)Oc2ccccc2O1. The molecule has 1 aromatic rings. The second-order valence-corrected chi connectivity index (χ2v) is 6.00. The number of alkyl halides is 2. The van der Waals surface area contributed by atoms with Gasteiger partial charge in [0.1, 0.15) is 0 Å². The smallest absolute Gasteiger partial charge is 0.395 e. The van der Waals surface area contributed by atoms with Gasteiger partial charge in [-0.1, -0.05) is 25.0 Å². The van der Waals surface area contributed by atoms with Crippen LogP contribution in [0, 0.1) is 5.92 Å². The maximum atomic E-state index is 12.3. The standard InChI is InChI=1S/C9H17N.C7H4F2O2/c1-10-7-6-8-4-2-3-5-9(8)10;8-7(9)10-5-3-1-2-4-6(5)11-7/h8-9H,2-7H2,1H3;1-4H. The number of benzene rings is 1. The minimum Gasteiger partial charge on any atom is -0.395 e. The van der Waals surface area contributed by atoms with Crippen molar-refractivity contribution in [3.63, 3.8) is 0 Å². The molecule has 2 aliphatic heterocycles. The minimum absolute atomic E-state index is 0.0810. The Morgan fingerprint density at radius 1 is 1.05 bits per heavy atom. The summed E-state index contributed by atoms with van der Waals surface area (Å²) in [5, 5.41) is 0. The number of para-hydroxylation sites is 2. The molecule has 5 heteroatoms. The Kier molecular flexibility index (Phi) is 4.02. The summed E-state index contributed by atoms with van der Waals surface area (Å²) in [6.45, 7) is 1.36. The van der Waals surface area contributed by atoms with E-state index in [1.54, 1.807) is 12.1 Å². The molecule has 3 aliphatic rings. The Balaban J connectivity index is 0.000000126. The van der Waals surface area contributed by atoms with E-state index in [1.165, 1.54) is 50.8 Å². The zero-order chi connectivity index (χ0) is 14.9. The predicted molar refractivity (Wildman–Crippen MR) is 75.6 cm³/mol. The fourth-order valence-corrected chi connectivity index (χ4v) is 3.54. The van der Waals surface area contributed by atoms with Crippen molar-refractivity contribution in [1.29, 1.82) is 0 Å². The molecule has 0 N–H and O–H groups in total. The van der Waals surface area contributed by atoms with Crippen LogP contribution in [0.4, 0.5) is 8.78 Å². The number of hydrogen-bond acceptors (Lipinski definition) is 3. The fourth-order valence-electron chi connectivity index (χ4n) is 3.54. The molecule has 0 amide bonds. The Hall–Kier alpha value is -1.36. The Bertz CT molecular complexity index is 466. The molecule has 2 unspecified atom stereocenters. The van der Waals surface area contributed by atoms with Gasteiger partial charge in [-0.25, -0.2) is 0 Å². The van der Waals surface area contributed by atoms with E-state index in [0.717, 1.165) is 12.0 Å². The van der Waals surface area contributed by atoms with Crippen molar-refractivity contribution in [1.82, 2.24) is 4.90 Å². The third-order valence-electron chi connectivity index (χ3n) is 4.59. The highest BCUT2D eigenvalue weighted by atomic mass is 19.3. The molecule has 0 spiro atoms. The number of halogens is 2. The van der Waals surface area contributed by atoms with Crippen LogP contribution in [0.2, 0.25) is 0 Å². The van der Waals surface area contributed by atoms with Gasteiger partial charge in [-0.05, 0) is 50.9 Å². The number of rotatable bonds is 0. The Morgan fingerprint density at radius 2 is 1.67 bits per heavy atom. The predicted octanol–water partition coefficient (Wildman–Crippen LogP) is 3.89. The highest BCUT2D eigenvalue weighted by Gasteiger charge is 2.43. The lowest BCUT2D eigenvalue weighted by atomic mass is 9.85. The van der Waals surface area contributed by atoms with Gasteiger partial charge in [-0.3, -0.25) is 0 Å². The summed E-state index contributed by atoms with van der Waals surface area (Å²) >= 11 is 0. The first-order valence-corrected chi connectivity index (χ1v) is 7.60. The zero-order valence-corrected chi connectivity index (χ0v) is 12.2. The van der Waals surface area contributed by atoms with E-state index >= 15 is 0 Å². The van der Waals surface area contributed by atoms with Crippen molar-refractivity contribution >= 4 is 0 Å². The molecule has 2 atom stereocenters. The number of nitrogens with zero attached hydrogens (tertiary/aromatic N) is 1. The van der Waals surface area contributed by atoms with E-state index in [2.05, 4.69) is 21.4 Å². The summed E-state index contributed by atoms with van der Waals surface area (Å²) in [6.07, 6.45) is 3.93. The molecule has 0 aromatic heterocycles. The number of fused-ring (bicyclic) bond motifs is 2. The van der Waals surface area contributed by atoms with Gasteiger partial charge < -0.3 is 14.4 Å². The normalized spacial score (nSPS) is 29.5. The van der Waals surface area contributed by atoms with Gasteiger partial charge >= 0.3 is 6.29 Å². The van der Waals surface area contributed by atoms with E-state index in [9.17, 15) is 8.78 Å². The average molecular weight is 297 g/mol. The van der Waals surface area contributed by atoms with Gasteiger partial charge in [0, 0.05) is 6.04 Å². The number of hydrogen-bond donors (Lipinski definition) is 0. The molecule has 1 aromatic carbocycles. The van der Waals surface area contributed by atoms with Crippen LogP contribution in [0.3, 0.4) is 0 Å². The average Bonchev–Trinajstić information content (AvgIpc) is 2.98. The lowest BCUT2D eigenvalue weighted by molar-refractivity contribution is -0.286. The van der Waals surface area contributed by atoms with Crippen LogP contribution < -0.4 is 9.47 Å². The van der Waals surface area contributed by atoms with E-state index in [4.69, 9.17) is 0 Å². The van der Waals surface area contributed by atoms with Crippen LogP contribution in [0.5, 0.6) is 11.5 Å². The molecular formula is C16H21F2NO2. The second kappa shape index (κ2) is 5.79. The molecular weight excluding hydrogens is 276 g/mol. The van der Waals surface area contributed by atoms with Gasteiger partial charge in [0.2, 0.25) is 0 Å². The molecule has 0 radical (unpaired) electrons. The summed E-state index contributed by atoms with van der Waals surface area (Å²) in [7, 11) is 2.29. The molecule has 1 aliphatic carbocycles. The van der Waals surface area contributed by atoms with Crippen LogP contribution in [0.1, 0.15) is 32.1 Å². The quantitative estimate of drug-likeness (QED) is 0.725. The number of likely N-dealkylation sites (tertiary alicyclic amines) is 1. The third-order valence-corrected chi connectivity index (χ3v) is 4.59. The maximum Gasteiger partial charge on any atom is 0.586 e. The van der Waals surface area contributed by atoms with Crippen LogP contribution in [-0.2, 0) is 0 Å². The summed E-state index contributed by atoms with van der Waals surface area (Å²) < 4.78 is 32.9. The van der Waals surface area contributed by atoms with Crippen LogP contribution in [0.15, 0.2) is 24.3 Å².